The molecular weight excluding hydrogens is 274 g/mol. The van der Waals surface area contributed by atoms with Crippen LogP contribution in [0.1, 0.15) is 35.5 Å². The van der Waals surface area contributed by atoms with Crippen LogP contribution < -0.4 is 10.5 Å². The molecule has 0 amide bonds. The molecule has 4 nitrogen and oxygen atoms in total. The molecule has 1 unspecified atom stereocenters. The van der Waals surface area contributed by atoms with Crippen LogP contribution in [0.25, 0.3) is 5.65 Å². The summed E-state index contributed by atoms with van der Waals surface area (Å²) >= 11 is 0. The second kappa shape index (κ2) is 5.81. The quantitative estimate of drug-likeness (QED) is 0.803. The van der Waals surface area contributed by atoms with E-state index < -0.39 is 0 Å². The molecule has 0 aliphatic heterocycles. The summed E-state index contributed by atoms with van der Waals surface area (Å²) in [7, 11) is 1.69. The highest BCUT2D eigenvalue weighted by atomic mass is 16.5. The average Bonchev–Trinajstić information content (AvgIpc) is 2.87. The number of aryl methyl sites for hydroxylation is 1. The van der Waals surface area contributed by atoms with Crippen molar-refractivity contribution in [3.63, 3.8) is 0 Å². The van der Waals surface area contributed by atoms with Gasteiger partial charge in [0.1, 0.15) is 11.4 Å². The highest BCUT2D eigenvalue weighted by Gasteiger charge is 2.17. The first-order chi connectivity index (χ1) is 10.6. The van der Waals surface area contributed by atoms with E-state index in [1.165, 1.54) is 0 Å². The molecule has 0 radical (unpaired) electrons. The van der Waals surface area contributed by atoms with Crippen LogP contribution >= 0.6 is 0 Å². The van der Waals surface area contributed by atoms with Gasteiger partial charge in [0.05, 0.1) is 18.5 Å². The minimum absolute atomic E-state index is 0.0819. The molecule has 0 spiro atoms. The Hall–Kier alpha value is -2.33. The van der Waals surface area contributed by atoms with E-state index in [4.69, 9.17) is 15.5 Å². The summed E-state index contributed by atoms with van der Waals surface area (Å²) in [5.74, 6) is 0.881. The molecule has 0 saturated heterocycles. The third kappa shape index (κ3) is 2.46. The van der Waals surface area contributed by atoms with Crippen LogP contribution in [0.4, 0.5) is 0 Å². The lowest BCUT2D eigenvalue weighted by Gasteiger charge is -2.11. The maximum absolute atomic E-state index is 6.21. The zero-order chi connectivity index (χ0) is 15.7. The summed E-state index contributed by atoms with van der Waals surface area (Å²) in [4.78, 5) is 4.83. The zero-order valence-electron chi connectivity index (χ0n) is 13.2. The monoisotopic (exact) mass is 295 g/mol. The number of hydrogen-bond acceptors (Lipinski definition) is 3. The smallest absolute Gasteiger partial charge is 0.140 e. The molecule has 3 aromatic rings. The number of aromatic nitrogens is 2. The van der Waals surface area contributed by atoms with E-state index in [9.17, 15) is 0 Å². The van der Waals surface area contributed by atoms with Crippen LogP contribution in [-0.2, 0) is 6.42 Å². The van der Waals surface area contributed by atoms with Crippen LogP contribution in [0, 0.1) is 6.92 Å². The molecule has 2 N–H and O–H groups in total. The lowest BCUT2D eigenvalue weighted by Crippen LogP contribution is -2.11. The third-order valence-electron chi connectivity index (χ3n) is 3.94. The third-order valence-corrected chi connectivity index (χ3v) is 3.94. The van der Waals surface area contributed by atoms with Crippen molar-refractivity contribution in [2.45, 2.75) is 26.3 Å². The molecule has 0 fully saturated rings. The molecule has 0 bridgehead atoms. The van der Waals surface area contributed by atoms with Gasteiger partial charge in [-0.3, -0.25) is 0 Å². The molecular formula is C18H21N3O. The SMILES string of the molecule is COc1ccccc1Cc1nc2c(C)cccn2c1C(C)N. The Kier molecular flexibility index (Phi) is 3.86. The fourth-order valence-electron chi connectivity index (χ4n) is 2.91. The van der Waals surface area contributed by atoms with Crippen molar-refractivity contribution in [3.8, 4) is 5.75 Å². The van der Waals surface area contributed by atoms with Gasteiger partial charge >= 0.3 is 0 Å². The summed E-state index contributed by atoms with van der Waals surface area (Å²) < 4.78 is 7.55. The number of rotatable bonds is 4. The van der Waals surface area contributed by atoms with Crippen molar-refractivity contribution >= 4 is 5.65 Å². The second-order valence-electron chi connectivity index (χ2n) is 5.61. The van der Waals surface area contributed by atoms with E-state index in [1.54, 1.807) is 7.11 Å². The van der Waals surface area contributed by atoms with Gasteiger partial charge in [-0.2, -0.15) is 0 Å². The molecule has 114 valence electrons. The van der Waals surface area contributed by atoms with Crippen LogP contribution in [0.3, 0.4) is 0 Å². The van der Waals surface area contributed by atoms with Crippen LogP contribution in [0.5, 0.6) is 5.75 Å². The van der Waals surface area contributed by atoms with Gasteiger partial charge in [-0.1, -0.05) is 24.3 Å². The number of nitrogens with zero attached hydrogens (tertiary/aromatic N) is 2. The first-order valence-corrected chi connectivity index (χ1v) is 7.45. The zero-order valence-corrected chi connectivity index (χ0v) is 13.2. The summed E-state index contributed by atoms with van der Waals surface area (Å²) in [6.07, 6.45) is 2.74. The number of fused-ring (bicyclic) bond motifs is 1. The second-order valence-corrected chi connectivity index (χ2v) is 5.61. The molecule has 3 rings (SSSR count). The minimum Gasteiger partial charge on any atom is -0.496 e. The van der Waals surface area contributed by atoms with Gasteiger partial charge in [0, 0.05) is 24.2 Å². The molecule has 1 aromatic carbocycles. The van der Waals surface area contributed by atoms with Gasteiger partial charge in [-0.25, -0.2) is 4.98 Å². The number of benzene rings is 1. The first-order valence-electron chi connectivity index (χ1n) is 7.45. The Morgan fingerprint density at radius 1 is 1.23 bits per heavy atom. The van der Waals surface area contributed by atoms with Crippen molar-refractivity contribution < 1.29 is 4.74 Å². The van der Waals surface area contributed by atoms with Crippen molar-refractivity contribution in [1.29, 1.82) is 0 Å². The Balaban J connectivity index is 2.14. The standard InChI is InChI=1S/C18H21N3O/c1-12-7-6-10-21-17(13(2)19)15(20-18(12)21)11-14-8-4-5-9-16(14)22-3/h4-10,13H,11,19H2,1-3H3. The molecule has 2 heterocycles. The molecule has 22 heavy (non-hydrogen) atoms. The van der Waals surface area contributed by atoms with Crippen LogP contribution in [0.2, 0.25) is 0 Å². The highest BCUT2D eigenvalue weighted by molar-refractivity contribution is 5.52. The predicted octanol–water partition coefficient (Wildman–Crippen LogP) is 3.26. The summed E-state index contributed by atoms with van der Waals surface area (Å²) in [5.41, 5.74) is 11.5. The maximum atomic E-state index is 6.21. The molecule has 4 heteroatoms. The van der Waals surface area contributed by atoms with Crippen molar-refractivity contribution in [2.75, 3.05) is 7.11 Å². The summed E-state index contributed by atoms with van der Waals surface area (Å²) in [5, 5.41) is 0. The molecule has 1 atom stereocenters. The van der Waals surface area contributed by atoms with Gasteiger partial charge in [0.2, 0.25) is 0 Å². The maximum Gasteiger partial charge on any atom is 0.140 e. The largest absolute Gasteiger partial charge is 0.496 e. The lowest BCUT2D eigenvalue weighted by atomic mass is 10.1. The van der Waals surface area contributed by atoms with Crippen molar-refractivity contribution in [3.05, 3.63) is 65.1 Å². The van der Waals surface area contributed by atoms with E-state index in [2.05, 4.69) is 23.5 Å². The minimum atomic E-state index is -0.0819. The van der Waals surface area contributed by atoms with Gasteiger partial charge in [-0.05, 0) is 31.5 Å². The van der Waals surface area contributed by atoms with Gasteiger partial charge in [0.25, 0.3) is 0 Å². The summed E-state index contributed by atoms with van der Waals surface area (Å²) in [6, 6.07) is 12.1. The average molecular weight is 295 g/mol. The number of hydrogen-bond donors (Lipinski definition) is 1. The number of para-hydroxylation sites is 1. The fraction of sp³-hybridized carbons (Fsp3) is 0.278. The summed E-state index contributed by atoms with van der Waals surface area (Å²) in [6.45, 7) is 4.07. The topological polar surface area (TPSA) is 52.5 Å². The number of methoxy groups -OCH3 is 1. The van der Waals surface area contributed by atoms with Crippen molar-refractivity contribution in [1.82, 2.24) is 9.38 Å². The van der Waals surface area contributed by atoms with Gasteiger partial charge in [0.15, 0.2) is 0 Å². The van der Waals surface area contributed by atoms with E-state index in [1.807, 2.05) is 37.4 Å². The Labute approximate surface area is 130 Å². The predicted molar refractivity (Wildman–Crippen MR) is 88.3 cm³/mol. The Morgan fingerprint density at radius 2 is 2.00 bits per heavy atom. The van der Waals surface area contributed by atoms with Gasteiger partial charge in [-0.15, -0.1) is 0 Å². The Morgan fingerprint density at radius 3 is 2.73 bits per heavy atom. The first kappa shape index (κ1) is 14.6. The van der Waals surface area contributed by atoms with Crippen LogP contribution in [0.15, 0.2) is 42.6 Å². The van der Waals surface area contributed by atoms with Crippen molar-refractivity contribution in [2.24, 2.45) is 5.73 Å². The molecule has 0 aliphatic carbocycles. The highest BCUT2D eigenvalue weighted by Crippen LogP contribution is 2.26. The van der Waals surface area contributed by atoms with Crippen LogP contribution in [-0.4, -0.2) is 16.5 Å². The number of imidazole rings is 1. The van der Waals surface area contributed by atoms with E-state index in [0.717, 1.165) is 33.9 Å². The molecule has 0 aliphatic rings. The number of nitrogens with two attached hydrogens (primary N) is 1. The molecule has 2 aromatic heterocycles. The number of pyridine rings is 1. The Bertz CT molecular complexity index is 805. The van der Waals surface area contributed by atoms with E-state index >= 15 is 0 Å². The normalized spacial score (nSPS) is 12.5. The van der Waals surface area contributed by atoms with E-state index in [0.29, 0.717) is 6.42 Å². The van der Waals surface area contributed by atoms with Gasteiger partial charge < -0.3 is 14.9 Å². The molecule has 0 saturated carbocycles. The lowest BCUT2D eigenvalue weighted by molar-refractivity contribution is 0.410. The number of ether oxygens (including phenoxy) is 1. The van der Waals surface area contributed by atoms with E-state index in [-0.39, 0.29) is 6.04 Å². The fourth-order valence-corrected chi connectivity index (χ4v) is 2.91.